The number of ether oxygens (including phenoxy) is 1. The molecule has 1 N–H and O–H groups in total. The third-order valence-corrected chi connectivity index (χ3v) is 5.89. The Labute approximate surface area is 193 Å². The minimum atomic E-state index is -4.62. The smallest absolute Gasteiger partial charge is 0.417 e. The lowest BCUT2D eigenvalue weighted by molar-refractivity contribution is -0.137. The minimum Gasteiger partial charge on any atom is -0.451 e. The predicted molar refractivity (Wildman–Crippen MR) is 117 cm³/mol. The summed E-state index contributed by atoms with van der Waals surface area (Å²) in [4.78, 5) is 29.1. The molecule has 0 fully saturated rings. The Morgan fingerprint density at radius 2 is 1.94 bits per heavy atom. The van der Waals surface area contributed by atoms with Crippen molar-refractivity contribution in [2.75, 3.05) is 11.9 Å². The molecule has 3 aromatic heterocycles. The summed E-state index contributed by atoms with van der Waals surface area (Å²) in [5.41, 5.74) is 0.508. The molecular weight excluding hydrogens is 481 g/mol. The van der Waals surface area contributed by atoms with E-state index in [1.807, 2.05) is 37.3 Å². The first-order valence-electron chi connectivity index (χ1n) is 9.38. The number of nitrogens with one attached hydrogen (secondary N) is 1. The Morgan fingerprint density at radius 3 is 2.61 bits per heavy atom. The Balaban J connectivity index is 1.43. The van der Waals surface area contributed by atoms with Gasteiger partial charge in [0, 0.05) is 11.6 Å². The molecule has 170 valence electrons. The van der Waals surface area contributed by atoms with Crippen LogP contribution in [0.25, 0.3) is 15.9 Å². The lowest BCUT2D eigenvalue weighted by Gasteiger charge is -2.10. The second-order valence-electron chi connectivity index (χ2n) is 6.84. The number of anilines is 1. The van der Waals surface area contributed by atoms with Crippen molar-refractivity contribution in [2.45, 2.75) is 13.1 Å². The van der Waals surface area contributed by atoms with Crippen LogP contribution in [0.15, 0.2) is 48.7 Å². The van der Waals surface area contributed by atoms with Crippen LogP contribution in [-0.4, -0.2) is 33.2 Å². The summed E-state index contributed by atoms with van der Waals surface area (Å²) >= 11 is 6.92. The fourth-order valence-electron chi connectivity index (χ4n) is 2.95. The summed E-state index contributed by atoms with van der Waals surface area (Å²) in [7, 11) is 0. The standard InChI is InChI=1S/C21H14ClF3N4O3S/c1-11-14-8-16(33-19(14)29(28-11)13-5-3-2-4-6-13)20(31)32-10-17(30)27-18-15(22)7-12(9-26-18)21(23,24)25/h2-9H,10H2,1H3,(H,26,27,30). The lowest BCUT2D eigenvalue weighted by atomic mass is 10.3. The number of thiophene rings is 1. The molecule has 0 aliphatic carbocycles. The molecule has 0 radical (unpaired) electrons. The highest BCUT2D eigenvalue weighted by Gasteiger charge is 2.31. The second kappa shape index (κ2) is 8.83. The van der Waals surface area contributed by atoms with Gasteiger partial charge in [-0.05, 0) is 31.2 Å². The van der Waals surface area contributed by atoms with E-state index in [0.29, 0.717) is 12.3 Å². The summed E-state index contributed by atoms with van der Waals surface area (Å²) in [6.45, 7) is 1.15. The summed E-state index contributed by atoms with van der Waals surface area (Å²) in [5.74, 6) is -1.80. The molecule has 4 aromatic rings. The number of carbonyl (C=O) groups excluding carboxylic acids is 2. The number of aromatic nitrogens is 3. The Bertz CT molecular complexity index is 1350. The number of esters is 1. The van der Waals surface area contributed by atoms with E-state index in [1.54, 1.807) is 10.7 Å². The maximum Gasteiger partial charge on any atom is 0.417 e. The molecule has 4 rings (SSSR count). The summed E-state index contributed by atoms with van der Waals surface area (Å²) in [6.07, 6.45) is -4.07. The first-order valence-corrected chi connectivity index (χ1v) is 10.6. The number of pyridine rings is 1. The molecule has 1 aromatic carbocycles. The quantitative estimate of drug-likeness (QED) is 0.383. The van der Waals surface area contributed by atoms with Crippen LogP contribution in [0.4, 0.5) is 19.0 Å². The highest BCUT2D eigenvalue weighted by molar-refractivity contribution is 7.20. The third kappa shape index (κ3) is 4.83. The molecule has 33 heavy (non-hydrogen) atoms. The number of alkyl halides is 3. The highest BCUT2D eigenvalue weighted by atomic mass is 35.5. The minimum absolute atomic E-state index is 0.272. The summed E-state index contributed by atoms with van der Waals surface area (Å²) in [5, 5.41) is 7.10. The monoisotopic (exact) mass is 494 g/mol. The van der Waals surface area contributed by atoms with Gasteiger partial charge in [-0.25, -0.2) is 14.5 Å². The number of amides is 1. The van der Waals surface area contributed by atoms with Crippen LogP contribution >= 0.6 is 22.9 Å². The molecule has 0 bridgehead atoms. The Morgan fingerprint density at radius 1 is 1.21 bits per heavy atom. The average molecular weight is 495 g/mol. The van der Waals surface area contributed by atoms with Gasteiger partial charge in [0.1, 0.15) is 9.71 Å². The van der Waals surface area contributed by atoms with Crippen molar-refractivity contribution < 1.29 is 27.5 Å². The van der Waals surface area contributed by atoms with Crippen LogP contribution < -0.4 is 5.32 Å². The first kappa shape index (κ1) is 22.7. The molecule has 0 atom stereocenters. The Kier molecular flexibility index (Phi) is 6.09. The number of hydrogen-bond acceptors (Lipinski definition) is 6. The summed E-state index contributed by atoms with van der Waals surface area (Å²) < 4.78 is 44.8. The molecule has 0 saturated carbocycles. The predicted octanol–water partition coefficient (Wildman–Crippen LogP) is 5.26. The largest absolute Gasteiger partial charge is 0.451 e. The van der Waals surface area contributed by atoms with Gasteiger partial charge in [-0.15, -0.1) is 11.3 Å². The maximum atomic E-state index is 12.7. The molecule has 3 heterocycles. The Hall–Kier alpha value is -3.44. The molecule has 12 heteroatoms. The van der Waals surface area contributed by atoms with Crippen molar-refractivity contribution in [1.82, 2.24) is 14.8 Å². The average Bonchev–Trinajstić information content (AvgIpc) is 3.34. The van der Waals surface area contributed by atoms with Crippen molar-refractivity contribution in [2.24, 2.45) is 0 Å². The molecule has 1 amide bonds. The zero-order valence-electron chi connectivity index (χ0n) is 16.8. The number of rotatable bonds is 5. The van der Waals surface area contributed by atoms with Crippen LogP contribution in [0.1, 0.15) is 20.9 Å². The molecule has 7 nitrogen and oxygen atoms in total. The third-order valence-electron chi connectivity index (χ3n) is 4.51. The number of benzene rings is 1. The fourth-order valence-corrected chi connectivity index (χ4v) is 4.24. The van der Waals surface area contributed by atoms with Gasteiger partial charge >= 0.3 is 12.1 Å². The molecule has 0 unspecified atom stereocenters. The van der Waals surface area contributed by atoms with Gasteiger partial charge in [-0.1, -0.05) is 29.8 Å². The molecule has 0 spiro atoms. The number of halogens is 4. The van der Waals surface area contributed by atoms with E-state index in [4.69, 9.17) is 16.3 Å². The highest BCUT2D eigenvalue weighted by Crippen LogP contribution is 2.33. The number of para-hydroxylation sites is 1. The van der Waals surface area contributed by atoms with E-state index < -0.39 is 35.2 Å². The SMILES string of the molecule is Cc1nn(-c2ccccc2)c2sc(C(=O)OCC(=O)Nc3ncc(C(F)(F)F)cc3Cl)cc12. The number of fused-ring (bicyclic) bond motifs is 1. The van der Waals surface area contributed by atoms with Gasteiger partial charge in [0.05, 0.1) is 22.0 Å². The van der Waals surface area contributed by atoms with Crippen molar-refractivity contribution in [1.29, 1.82) is 0 Å². The van der Waals surface area contributed by atoms with Crippen LogP contribution in [0.2, 0.25) is 5.02 Å². The molecule has 0 saturated heterocycles. The van der Waals surface area contributed by atoms with Crippen LogP contribution in [0, 0.1) is 6.92 Å². The normalized spacial score (nSPS) is 11.5. The van der Waals surface area contributed by atoms with E-state index >= 15 is 0 Å². The van der Waals surface area contributed by atoms with Gasteiger partial charge in [0.15, 0.2) is 12.4 Å². The van der Waals surface area contributed by atoms with Crippen molar-refractivity contribution in [3.63, 3.8) is 0 Å². The fraction of sp³-hybridized carbons (Fsp3) is 0.143. The van der Waals surface area contributed by atoms with Crippen molar-refractivity contribution in [3.05, 3.63) is 69.8 Å². The summed E-state index contributed by atoms with van der Waals surface area (Å²) in [6, 6.07) is 11.7. The number of hydrogen-bond donors (Lipinski definition) is 1. The van der Waals surface area contributed by atoms with E-state index in [-0.39, 0.29) is 10.7 Å². The van der Waals surface area contributed by atoms with E-state index in [1.165, 1.54) is 0 Å². The zero-order chi connectivity index (χ0) is 23.8. The molecular formula is C21H14ClF3N4O3S. The van der Waals surface area contributed by atoms with Gasteiger partial charge in [-0.3, -0.25) is 4.79 Å². The van der Waals surface area contributed by atoms with Gasteiger partial charge in [-0.2, -0.15) is 18.3 Å². The van der Waals surface area contributed by atoms with Gasteiger partial charge < -0.3 is 10.1 Å². The zero-order valence-corrected chi connectivity index (χ0v) is 18.4. The van der Waals surface area contributed by atoms with Crippen LogP contribution in [0.5, 0.6) is 0 Å². The van der Waals surface area contributed by atoms with Crippen molar-refractivity contribution >= 4 is 50.8 Å². The van der Waals surface area contributed by atoms with Gasteiger partial charge in [0.25, 0.3) is 5.91 Å². The topological polar surface area (TPSA) is 86.1 Å². The second-order valence-corrected chi connectivity index (χ2v) is 8.28. The van der Waals surface area contributed by atoms with Crippen molar-refractivity contribution in [3.8, 4) is 5.69 Å². The lowest BCUT2D eigenvalue weighted by Crippen LogP contribution is -2.21. The maximum absolute atomic E-state index is 12.7. The van der Waals surface area contributed by atoms with E-state index in [9.17, 15) is 22.8 Å². The van der Waals surface area contributed by atoms with E-state index in [2.05, 4.69) is 15.4 Å². The molecule has 0 aliphatic rings. The number of aryl methyl sites for hydroxylation is 1. The van der Waals surface area contributed by atoms with E-state index in [0.717, 1.165) is 32.9 Å². The first-order chi connectivity index (χ1) is 15.6. The van der Waals surface area contributed by atoms with Crippen LogP contribution in [0.3, 0.4) is 0 Å². The van der Waals surface area contributed by atoms with Crippen LogP contribution in [-0.2, 0) is 15.7 Å². The number of nitrogens with zero attached hydrogens (tertiary/aromatic N) is 3. The molecule has 0 aliphatic heterocycles. The van der Waals surface area contributed by atoms with Gasteiger partial charge in [0.2, 0.25) is 0 Å². The number of carbonyl (C=O) groups is 2.